The molecule has 0 aliphatic carbocycles. The minimum absolute atomic E-state index is 0.779. The molecule has 0 fully saturated rings. The van der Waals surface area contributed by atoms with Crippen molar-refractivity contribution >= 4 is 0 Å². The summed E-state index contributed by atoms with van der Waals surface area (Å²) < 4.78 is 6.30. The van der Waals surface area contributed by atoms with Gasteiger partial charge in [0.1, 0.15) is 5.75 Å². The fraction of sp³-hybridized carbons (Fsp3) is 0.500. The van der Waals surface area contributed by atoms with Crippen molar-refractivity contribution in [1.82, 2.24) is 20.4 Å². The molecule has 0 aromatic heterocycles. The summed E-state index contributed by atoms with van der Waals surface area (Å²) in [5, 5.41) is 7.22. The lowest BCUT2D eigenvalue weighted by Crippen LogP contribution is -2.22. The van der Waals surface area contributed by atoms with Crippen LogP contribution in [0.5, 0.6) is 5.75 Å². The number of hydrogen-bond donors (Lipinski definition) is 2. The molecule has 0 aliphatic rings. The van der Waals surface area contributed by atoms with E-state index in [0.29, 0.717) is 0 Å². The molecule has 3 rings (SSSR count). The number of aryl methyl sites for hydroxylation is 1. The summed E-state index contributed by atoms with van der Waals surface area (Å²) in [4.78, 5) is 4.47. The van der Waals surface area contributed by atoms with Gasteiger partial charge < -0.3 is 25.2 Å². The first-order chi connectivity index (χ1) is 20.0. The van der Waals surface area contributed by atoms with Gasteiger partial charge in [0.25, 0.3) is 0 Å². The van der Waals surface area contributed by atoms with Gasteiger partial charge in [-0.05, 0) is 121 Å². The van der Waals surface area contributed by atoms with Crippen molar-refractivity contribution in [3.63, 3.8) is 0 Å². The maximum absolute atomic E-state index is 6.30. The first-order valence-electron chi connectivity index (χ1n) is 15.6. The number of hydrogen-bond acceptors (Lipinski definition) is 5. The first-order valence-corrected chi connectivity index (χ1v) is 15.6. The highest BCUT2D eigenvalue weighted by molar-refractivity contribution is 5.63. The second kappa shape index (κ2) is 19.4. The summed E-state index contributed by atoms with van der Waals surface area (Å²) in [5.41, 5.74) is 6.59. The topological polar surface area (TPSA) is 39.8 Å². The molecule has 3 aromatic rings. The van der Waals surface area contributed by atoms with Gasteiger partial charge in [0.15, 0.2) is 0 Å². The maximum atomic E-state index is 6.30. The first kappa shape index (κ1) is 32.8. The Balaban J connectivity index is 1.38. The van der Waals surface area contributed by atoms with Crippen molar-refractivity contribution < 1.29 is 4.74 Å². The second-order valence-electron chi connectivity index (χ2n) is 11.7. The summed E-state index contributed by atoms with van der Waals surface area (Å²) in [5.74, 6) is 1.03. The monoisotopic (exact) mass is 558 g/mol. The minimum Gasteiger partial charge on any atom is -0.493 e. The lowest BCUT2D eigenvalue weighted by Gasteiger charge is -2.15. The summed E-state index contributed by atoms with van der Waals surface area (Å²) in [6.45, 7) is 6.79. The van der Waals surface area contributed by atoms with E-state index in [0.717, 1.165) is 77.3 Å². The molecule has 0 aliphatic heterocycles. The van der Waals surface area contributed by atoms with Crippen LogP contribution in [0.4, 0.5) is 0 Å². The molecular formula is C36H54N4O. The van der Waals surface area contributed by atoms with E-state index < -0.39 is 0 Å². The fourth-order valence-electron chi connectivity index (χ4n) is 4.98. The highest BCUT2D eigenvalue weighted by Gasteiger charge is 2.07. The Morgan fingerprint density at radius 2 is 1.20 bits per heavy atom. The van der Waals surface area contributed by atoms with Crippen molar-refractivity contribution in [2.24, 2.45) is 0 Å². The van der Waals surface area contributed by atoms with E-state index in [1.54, 1.807) is 0 Å². The lowest BCUT2D eigenvalue weighted by molar-refractivity contribution is 0.300. The van der Waals surface area contributed by atoms with Crippen LogP contribution in [0.3, 0.4) is 0 Å². The quantitative estimate of drug-likeness (QED) is 0.144. The summed E-state index contributed by atoms with van der Waals surface area (Å²) in [6.07, 6.45) is 8.21. The lowest BCUT2D eigenvalue weighted by atomic mass is 10.0. The molecular weight excluding hydrogens is 504 g/mol. The molecule has 0 saturated heterocycles. The number of unbranched alkanes of at least 4 members (excludes halogenated alkanes) is 3. The predicted molar refractivity (Wildman–Crippen MR) is 176 cm³/mol. The Labute approximate surface area is 250 Å². The van der Waals surface area contributed by atoms with Gasteiger partial charge in [0.2, 0.25) is 0 Å². The average molecular weight is 559 g/mol. The van der Waals surface area contributed by atoms with E-state index >= 15 is 0 Å². The smallest absolute Gasteiger partial charge is 0.123 e. The standard InChI is InChI=1S/C36H54N4O/c1-39(2)25-12-23-37-29-32-19-22-36(35(28-32)30-38-24-13-26-40(3)4)41-27-11-6-5-8-14-31-17-20-34(21-18-31)33-15-9-7-10-16-33/h7,9-10,15-22,28,37-38H,5-6,8,11-14,23-27,29-30H2,1-4H3. The molecule has 0 bridgehead atoms. The third-order valence-electron chi connectivity index (χ3n) is 7.37. The van der Waals surface area contributed by atoms with Gasteiger partial charge in [-0.2, -0.15) is 0 Å². The normalized spacial score (nSPS) is 11.5. The third kappa shape index (κ3) is 13.7. The SMILES string of the molecule is CN(C)CCCNCc1ccc(OCCCCCCc2ccc(-c3ccccc3)cc2)c(CNCCCN(C)C)c1. The van der Waals surface area contributed by atoms with E-state index in [9.17, 15) is 0 Å². The molecule has 5 nitrogen and oxygen atoms in total. The molecule has 0 amide bonds. The molecule has 5 heteroatoms. The Morgan fingerprint density at radius 1 is 0.585 bits per heavy atom. The number of rotatable bonds is 21. The van der Waals surface area contributed by atoms with E-state index in [-0.39, 0.29) is 0 Å². The minimum atomic E-state index is 0.779. The summed E-state index contributed by atoms with van der Waals surface area (Å²) >= 11 is 0. The molecule has 3 aromatic carbocycles. The molecule has 224 valence electrons. The van der Waals surface area contributed by atoms with E-state index in [4.69, 9.17) is 4.74 Å². The van der Waals surface area contributed by atoms with Crippen LogP contribution in [0.1, 0.15) is 55.2 Å². The van der Waals surface area contributed by atoms with Gasteiger partial charge in [-0.3, -0.25) is 0 Å². The average Bonchev–Trinajstić information content (AvgIpc) is 2.97. The summed E-state index contributed by atoms with van der Waals surface area (Å²) in [6, 6.07) is 26.4. The Kier molecular flexibility index (Phi) is 15.5. The van der Waals surface area contributed by atoms with Crippen molar-refractivity contribution in [1.29, 1.82) is 0 Å². The van der Waals surface area contributed by atoms with Gasteiger partial charge in [-0.25, -0.2) is 0 Å². The van der Waals surface area contributed by atoms with E-state index in [2.05, 4.69) is 121 Å². The number of nitrogens with zero attached hydrogens (tertiary/aromatic N) is 2. The van der Waals surface area contributed by atoms with Gasteiger partial charge >= 0.3 is 0 Å². The molecule has 2 N–H and O–H groups in total. The largest absolute Gasteiger partial charge is 0.493 e. The zero-order valence-electron chi connectivity index (χ0n) is 26.1. The zero-order valence-corrected chi connectivity index (χ0v) is 26.1. The Bertz CT molecular complexity index is 1080. The second-order valence-corrected chi connectivity index (χ2v) is 11.7. The van der Waals surface area contributed by atoms with Crippen LogP contribution in [0.2, 0.25) is 0 Å². The van der Waals surface area contributed by atoms with Crippen molar-refractivity contribution in [2.75, 3.05) is 61.0 Å². The molecule has 0 heterocycles. The van der Waals surface area contributed by atoms with Crippen LogP contribution in [0.15, 0.2) is 72.8 Å². The van der Waals surface area contributed by atoms with Crippen molar-refractivity contribution in [3.8, 4) is 16.9 Å². The molecule has 0 spiro atoms. The molecule has 0 radical (unpaired) electrons. The summed E-state index contributed by atoms with van der Waals surface area (Å²) in [7, 11) is 8.51. The Morgan fingerprint density at radius 3 is 1.88 bits per heavy atom. The van der Waals surface area contributed by atoms with Crippen LogP contribution in [0, 0.1) is 0 Å². The highest BCUT2D eigenvalue weighted by atomic mass is 16.5. The molecule has 0 saturated carbocycles. The van der Waals surface area contributed by atoms with E-state index in [1.807, 2.05) is 0 Å². The highest BCUT2D eigenvalue weighted by Crippen LogP contribution is 2.22. The van der Waals surface area contributed by atoms with E-state index in [1.165, 1.54) is 47.1 Å². The number of nitrogens with one attached hydrogen (secondary N) is 2. The number of benzene rings is 3. The third-order valence-corrected chi connectivity index (χ3v) is 7.37. The number of ether oxygens (including phenoxy) is 1. The van der Waals surface area contributed by atoms with Crippen LogP contribution < -0.4 is 15.4 Å². The molecule has 41 heavy (non-hydrogen) atoms. The zero-order chi connectivity index (χ0) is 29.1. The van der Waals surface area contributed by atoms with Crippen LogP contribution in [0.25, 0.3) is 11.1 Å². The Hall–Kier alpha value is -2.70. The fourth-order valence-corrected chi connectivity index (χ4v) is 4.98. The molecule has 0 unspecified atom stereocenters. The van der Waals surface area contributed by atoms with Gasteiger partial charge in [-0.1, -0.05) is 73.5 Å². The van der Waals surface area contributed by atoms with Gasteiger partial charge in [-0.15, -0.1) is 0 Å². The predicted octanol–water partition coefficient (Wildman–Crippen LogP) is 6.62. The van der Waals surface area contributed by atoms with Crippen molar-refractivity contribution in [3.05, 3.63) is 89.5 Å². The van der Waals surface area contributed by atoms with Crippen LogP contribution in [-0.2, 0) is 19.5 Å². The van der Waals surface area contributed by atoms with Gasteiger partial charge in [0, 0.05) is 18.7 Å². The van der Waals surface area contributed by atoms with Crippen LogP contribution in [-0.4, -0.2) is 70.8 Å². The molecule has 0 atom stereocenters. The maximum Gasteiger partial charge on any atom is 0.123 e. The van der Waals surface area contributed by atoms with Crippen molar-refractivity contribution in [2.45, 2.75) is 58.0 Å². The van der Waals surface area contributed by atoms with Crippen LogP contribution >= 0.6 is 0 Å². The van der Waals surface area contributed by atoms with Gasteiger partial charge in [0.05, 0.1) is 6.61 Å².